The molecule has 10 nitrogen and oxygen atoms in total. The quantitative estimate of drug-likeness (QED) is 0.231. The number of azo groups is 2. The summed E-state index contributed by atoms with van der Waals surface area (Å²) in [5.74, 6) is -0.111. The van der Waals surface area contributed by atoms with Gasteiger partial charge >= 0.3 is 0 Å². The van der Waals surface area contributed by atoms with Gasteiger partial charge in [0.05, 0.1) is 9.75 Å². The lowest BCUT2D eigenvalue weighted by Crippen LogP contribution is -1.81. The molecule has 0 atom stereocenters. The molecule has 30 heavy (non-hydrogen) atoms. The second-order valence-corrected chi connectivity index (χ2v) is 7.93. The Morgan fingerprint density at radius 2 is 1.10 bits per heavy atom. The molecule has 4 rings (SSSR count). The van der Waals surface area contributed by atoms with Crippen molar-refractivity contribution < 1.29 is 10.2 Å². The fourth-order valence-electron chi connectivity index (χ4n) is 2.29. The van der Waals surface area contributed by atoms with Crippen molar-refractivity contribution >= 4 is 55.7 Å². The first-order valence-corrected chi connectivity index (χ1v) is 10.0. The van der Waals surface area contributed by atoms with Crippen LogP contribution in [0.15, 0.2) is 69.2 Å². The molecule has 0 radical (unpaired) electrons. The predicted molar refractivity (Wildman–Crippen MR) is 117 cm³/mol. The van der Waals surface area contributed by atoms with Crippen molar-refractivity contribution in [3.05, 3.63) is 48.8 Å². The molecule has 0 unspecified atom stereocenters. The molecule has 2 heterocycles. The lowest BCUT2D eigenvalue weighted by atomic mass is 10.3. The molecule has 6 N–H and O–H groups in total. The highest BCUT2D eigenvalue weighted by Gasteiger charge is 2.09. The topological polar surface area (TPSA) is 168 Å². The summed E-state index contributed by atoms with van der Waals surface area (Å²) in [5, 5.41) is 36.6. The number of anilines is 2. The van der Waals surface area contributed by atoms with Crippen LogP contribution in [0.5, 0.6) is 11.5 Å². The van der Waals surface area contributed by atoms with Crippen molar-refractivity contribution in [2.45, 2.75) is 0 Å². The fourth-order valence-corrected chi connectivity index (χ4v) is 3.83. The van der Waals surface area contributed by atoms with Crippen LogP contribution in [0, 0.1) is 0 Å². The highest BCUT2D eigenvalue weighted by atomic mass is 32.1. The summed E-state index contributed by atoms with van der Waals surface area (Å²) >= 11 is 2.62. The van der Waals surface area contributed by atoms with Crippen molar-refractivity contribution in [1.82, 2.24) is 9.97 Å². The monoisotopic (exact) mass is 438 g/mol. The highest BCUT2D eigenvalue weighted by Crippen LogP contribution is 2.38. The molecule has 12 heteroatoms. The van der Waals surface area contributed by atoms with Crippen LogP contribution in [0.2, 0.25) is 0 Å². The molecule has 2 aromatic carbocycles. The number of thiazole rings is 2. The van der Waals surface area contributed by atoms with Crippen molar-refractivity contribution in [1.29, 1.82) is 0 Å². The van der Waals surface area contributed by atoms with Gasteiger partial charge in [-0.3, -0.25) is 0 Å². The second-order valence-electron chi connectivity index (χ2n) is 5.91. The van der Waals surface area contributed by atoms with Gasteiger partial charge in [0, 0.05) is 35.9 Å². The average Bonchev–Trinajstić information content (AvgIpc) is 3.36. The molecule has 0 aliphatic heterocycles. The van der Waals surface area contributed by atoms with Crippen molar-refractivity contribution in [3.63, 3.8) is 0 Å². The molecule has 150 valence electrons. The Morgan fingerprint density at radius 3 is 1.50 bits per heavy atom. The van der Waals surface area contributed by atoms with Crippen LogP contribution in [-0.2, 0) is 0 Å². The predicted octanol–water partition coefficient (Wildman–Crippen LogP) is 5.67. The molecular weight excluding hydrogens is 424 g/mol. The van der Waals surface area contributed by atoms with Gasteiger partial charge < -0.3 is 21.7 Å². The van der Waals surface area contributed by atoms with E-state index in [9.17, 15) is 10.2 Å². The molecule has 0 fully saturated rings. The zero-order chi connectivity index (χ0) is 21.1. The molecule has 2 aromatic heterocycles. The molecule has 0 saturated carbocycles. The minimum atomic E-state index is -0.0554. The zero-order valence-electron chi connectivity index (χ0n) is 15.2. The van der Waals surface area contributed by atoms with Crippen LogP contribution in [0.1, 0.15) is 0 Å². The SMILES string of the molecule is Nc1ccc(N=Nc2ncc(-c3cnc(N=Nc4ccc(N)cc4O)s3)s2)c(O)c1. The number of rotatable bonds is 5. The van der Waals surface area contributed by atoms with Gasteiger partial charge in [0.1, 0.15) is 22.9 Å². The Morgan fingerprint density at radius 1 is 0.667 bits per heavy atom. The first-order valence-electron chi connectivity index (χ1n) is 8.40. The van der Waals surface area contributed by atoms with Crippen LogP contribution in [0.4, 0.5) is 33.0 Å². The number of nitrogens with zero attached hydrogens (tertiary/aromatic N) is 6. The van der Waals surface area contributed by atoms with E-state index in [1.54, 1.807) is 36.7 Å². The van der Waals surface area contributed by atoms with Gasteiger partial charge in [-0.25, -0.2) is 9.97 Å². The number of hydrogen-bond acceptors (Lipinski definition) is 12. The highest BCUT2D eigenvalue weighted by molar-refractivity contribution is 7.25. The molecule has 0 bridgehead atoms. The van der Waals surface area contributed by atoms with Crippen LogP contribution >= 0.6 is 22.7 Å². The third kappa shape index (κ3) is 4.39. The van der Waals surface area contributed by atoms with Gasteiger partial charge in [0.25, 0.3) is 0 Å². The minimum absolute atomic E-state index is 0.0554. The van der Waals surface area contributed by atoms with E-state index in [1.807, 2.05) is 0 Å². The number of benzene rings is 2. The number of nitrogens with two attached hydrogens (primary N) is 2. The van der Waals surface area contributed by atoms with Gasteiger partial charge in [0.2, 0.25) is 10.3 Å². The molecule has 0 spiro atoms. The summed E-state index contributed by atoms with van der Waals surface area (Å²) in [4.78, 5) is 10.1. The van der Waals surface area contributed by atoms with E-state index in [-0.39, 0.29) is 11.5 Å². The normalized spacial score (nSPS) is 11.6. The Kier molecular flexibility index (Phi) is 5.32. The third-order valence-electron chi connectivity index (χ3n) is 3.72. The van der Waals surface area contributed by atoms with E-state index in [2.05, 4.69) is 30.4 Å². The summed E-state index contributed by atoms with van der Waals surface area (Å²) < 4.78 is 0. The zero-order valence-corrected chi connectivity index (χ0v) is 16.8. The van der Waals surface area contributed by atoms with Crippen molar-refractivity contribution in [2.75, 3.05) is 11.5 Å². The van der Waals surface area contributed by atoms with E-state index in [0.29, 0.717) is 33.0 Å². The van der Waals surface area contributed by atoms with E-state index < -0.39 is 0 Å². The number of phenolic OH excluding ortho intramolecular Hbond substituents is 2. The maximum Gasteiger partial charge on any atom is 0.230 e. The van der Waals surface area contributed by atoms with E-state index in [1.165, 1.54) is 34.8 Å². The maximum atomic E-state index is 9.82. The summed E-state index contributed by atoms with van der Waals surface area (Å²) in [6, 6.07) is 9.19. The summed E-state index contributed by atoms with van der Waals surface area (Å²) in [6.45, 7) is 0. The number of aromatic hydroxyl groups is 2. The lowest BCUT2D eigenvalue weighted by Gasteiger charge is -1.97. The smallest absolute Gasteiger partial charge is 0.230 e. The van der Waals surface area contributed by atoms with Crippen LogP contribution < -0.4 is 11.5 Å². The summed E-state index contributed by atoms with van der Waals surface area (Å²) in [7, 11) is 0. The van der Waals surface area contributed by atoms with Crippen molar-refractivity contribution in [2.24, 2.45) is 20.5 Å². The first kappa shape index (κ1) is 19.4. The average molecular weight is 438 g/mol. The first-order chi connectivity index (χ1) is 14.5. The Bertz CT molecular complexity index is 1170. The lowest BCUT2D eigenvalue weighted by molar-refractivity contribution is 0.476. The third-order valence-corrected chi connectivity index (χ3v) is 5.67. The summed E-state index contributed by atoms with van der Waals surface area (Å²) in [6.07, 6.45) is 3.31. The summed E-state index contributed by atoms with van der Waals surface area (Å²) in [5.41, 5.74) is 12.7. The number of phenols is 2. The van der Waals surface area contributed by atoms with E-state index in [4.69, 9.17) is 11.5 Å². The number of hydrogen-bond donors (Lipinski definition) is 4. The van der Waals surface area contributed by atoms with Crippen LogP contribution in [-0.4, -0.2) is 20.2 Å². The Labute approximate surface area is 177 Å². The molecule has 0 saturated heterocycles. The molecule has 4 aromatic rings. The standard InChI is InChI=1S/C18H14N8O2S2/c19-9-1-3-11(13(27)5-9)23-25-17-21-7-15(29-17)16-8-22-18(30-16)26-24-12-4-2-10(20)6-14(12)28/h1-8,27-28H,19-20H2. The number of aromatic nitrogens is 2. The molecule has 0 aliphatic rings. The minimum Gasteiger partial charge on any atom is -0.506 e. The fraction of sp³-hybridized carbons (Fsp3) is 0. The van der Waals surface area contributed by atoms with E-state index >= 15 is 0 Å². The molecule has 0 aliphatic carbocycles. The van der Waals surface area contributed by atoms with Gasteiger partial charge in [-0.05, 0) is 24.3 Å². The van der Waals surface area contributed by atoms with E-state index in [0.717, 1.165) is 9.75 Å². The van der Waals surface area contributed by atoms with Crippen molar-refractivity contribution in [3.8, 4) is 21.3 Å². The van der Waals surface area contributed by atoms with Crippen LogP contribution in [0.3, 0.4) is 0 Å². The van der Waals surface area contributed by atoms with Gasteiger partial charge in [-0.1, -0.05) is 22.7 Å². The number of nitrogen functional groups attached to an aromatic ring is 2. The maximum absolute atomic E-state index is 9.82. The van der Waals surface area contributed by atoms with Gasteiger partial charge in [0.15, 0.2) is 0 Å². The largest absolute Gasteiger partial charge is 0.506 e. The van der Waals surface area contributed by atoms with Gasteiger partial charge in [-0.15, -0.1) is 20.5 Å². The van der Waals surface area contributed by atoms with Gasteiger partial charge in [-0.2, -0.15) is 0 Å². The molecule has 0 amide bonds. The molecular formula is C18H14N8O2S2. The Balaban J connectivity index is 1.48. The Hall–Kier alpha value is -3.90. The van der Waals surface area contributed by atoms with Crippen LogP contribution in [0.25, 0.3) is 9.75 Å². The second kappa shape index (κ2) is 8.23.